The monoisotopic (exact) mass is 242 g/mol. The summed E-state index contributed by atoms with van der Waals surface area (Å²) < 4.78 is 5.81. The van der Waals surface area contributed by atoms with Gasteiger partial charge in [-0.25, -0.2) is 0 Å². The third-order valence-electron chi connectivity index (χ3n) is 1.81. The fourth-order valence-electron chi connectivity index (χ4n) is 1.14. The number of nitrogens with zero attached hydrogens (tertiary/aromatic N) is 3. The number of ether oxygens (including phenoxy) is 1. The van der Waals surface area contributed by atoms with E-state index in [1.807, 2.05) is 0 Å². The Morgan fingerprint density at radius 3 is 2.76 bits per heavy atom. The minimum atomic E-state index is -0.888. The van der Waals surface area contributed by atoms with E-state index < -0.39 is 22.6 Å². The zero-order chi connectivity index (χ0) is 13.0. The van der Waals surface area contributed by atoms with Crippen LogP contribution in [0.15, 0.2) is 6.20 Å². The molecule has 0 fully saturated rings. The summed E-state index contributed by atoms with van der Waals surface area (Å²) >= 11 is 0. The van der Waals surface area contributed by atoms with Crippen molar-refractivity contribution in [1.82, 2.24) is 9.55 Å². The van der Waals surface area contributed by atoms with Crippen molar-refractivity contribution in [2.45, 2.75) is 13.5 Å². The second kappa shape index (κ2) is 5.05. The first-order chi connectivity index (χ1) is 7.91. The molecule has 0 aliphatic heterocycles. The average molecular weight is 242 g/mol. The first kappa shape index (κ1) is 12.6. The number of carbonyl (C=O) groups excluding carboxylic acids is 2. The topological polar surface area (TPSA) is 130 Å². The van der Waals surface area contributed by atoms with E-state index in [9.17, 15) is 19.7 Å². The van der Waals surface area contributed by atoms with Crippen LogP contribution in [0.25, 0.3) is 0 Å². The maximum absolute atomic E-state index is 11.0. The molecule has 1 rings (SSSR count). The molecule has 2 N–H and O–H groups in total. The first-order valence-electron chi connectivity index (χ1n) is 4.56. The molecular formula is C8H10N4O5. The molecule has 17 heavy (non-hydrogen) atoms. The van der Waals surface area contributed by atoms with Gasteiger partial charge in [-0.3, -0.25) is 14.2 Å². The molecule has 92 valence electrons. The van der Waals surface area contributed by atoms with Gasteiger partial charge in [-0.2, -0.15) is 0 Å². The molecule has 9 heteroatoms. The average Bonchev–Trinajstić information content (AvgIpc) is 2.61. The number of nitro groups is 1. The van der Waals surface area contributed by atoms with Crippen LogP contribution in [0.4, 0.5) is 5.82 Å². The quantitative estimate of drug-likeness (QED) is 0.419. The molecule has 0 bridgehead atoms. The molecular weight excluding hydrogens is 232 g/mol. The standard InChI is InChI=1S/C8H10N4O5/c1-5(13)17-3-2-11-4-6(12(15)16)10-8(11)7(9)14/h4H,2-3H2,1H3,(H2,9,14). The third-order valence-corrected chi connectivity index (χ3v) is 1.81. The van der Waals surface area contributed by atoms with Crippen LogP contribution in [0.1, 0.15) is 17.5 Å². The molecule has 1 aromatic heterocycles. The lowest BCUT2D eigenvalue weighted by atomic mass is 10.5. The second-order valence-electron chi connectivity index (χ2n) is 3.08. The van der Waals surface area contributed by atoms with Gasteiger partial charge in [0.1, 0.15) is 12.8 Å². The molecule has 0 saturated heterocycles. The van der Waals surface area contributed by atoms with Gasteiger partial charge < -0.3 is 20.6 Å². The summed E-state index contributed by atoms with van der Waals surface area (Å²) in [7, 11) is 0. The van der Waals surface area contributed by atoms with E-state index in [1.54, 1.807) is 0 Å². The molecule has 1 amide bonds. The van der Waals surface area contributed by atoms with Gasteiger partial charge in [0.25, 0.3) is 0 Å². The zero-order valence-electron chi connectivity index (χ0n) is 8.95. The van der Waals surface area contributed by atoms with E-state index in [4.69, 9.17) is 5.73 Å². The Bertz CT molecular complexity index is 466. The van der Waals surface area contributed by atoms with Gasteiger partial charge in [0.05, 0.1) is 6.54 Å². The number of hydrogen-bond acceptors (Lipinski definition) is 6. The van der Waals surface area contributed by atoms with Crippen molar-refractivity contribution < 1.29 is 19.2 Å². The molecule has 0 atom stereocenters. The van der Waals surface area contributed by atoms with E-state index in [1.165, 1.54) is 11.5 Å². The Morgan fingerprint density at radius 2 is 2.29 bits per heavy atom. The van der Waals surface area contributed by atoms with Crippen molar-refractivity contribution >= 4 is 17.7 Å². The van der Waals surface area contributed by atoms with Gasteiger partial charge in [-0.1, -0.05) is 0 Å². The number of nitrogens with two attached hydrogens (primary N) is 1. The molecule has 0 spiro atoms. The van der Waals surface area contributed by atoms with Crippen LogP contribution in [-0.2, 0) is 16.1 Å². The number of rotatable bonds is 5. The van der Waals surface area contributed by atoms with Gasteiger partial charge in [-0.15, -0.1) is 0 Å². The highest BCUT2D eigenvalue weighted by molar-refractivity contribution is 5.89. The summed E-state index contributed by atoms with van der Waals surface area (Å²) in [6, 6.07) is 0. The molecule has 0 aliphatic rings. The number of carbonyl (C=O) groups is 2. The molecule has 0 aliphatic carbocycles. The first-order valence-corrected chi connectivity index (χ1v) is 4.56. The van der Waals surface area contributed by atoms with E-state index in [2.05, 4.69) is 9.72 Å². The smallest absolute Gasteiger partial charge is 0.382 e. The van der Waals surface area contributed by atoms with Crippen molar-refractivity contribution in [3.8, 4) is 0 Å². The van der Waals surface area contributed by atoms with Gasteiger partial charge in [0.2, 0.25) is 0 Å². The number of esters is 1. The molecule has 0 radical (unpaired) electrons. The van der Waals surface area contributed by atoms with Crippen LogP contribution in [-0.4, -0.2) is 33.0 Å². The molecule has 0 saturated carbocycles. The Hall–Kier alpha value is -2.45. The van der Waals surface area contributed by atoms with Gasteiger partial charge in [0, 0.05) is 6.92 Å². The Labute approximate surface area is 95.3 Å². The van der Waals surface area contributed by atoms with Crippen LogP contribution in [0.5, 0.6) is 0 Å². The summed E-state index contributed by atoms with van der Waals surface area (Å²) in [4.78, 5) is 34.7. The summed E-state index contributed by atoms with van der Waals surface area (Å²) in [5.74, 6) is -2.10. The van der Waals surface area contributed by atoms with Gasteiger partial charge >= 0.3 is 23.5 Å². The minimum Gasteiger partial charge on any atom is -0.464 e. The highest BCUT2D eigenvalue weighted by Gasteiger charge is 2.22. The molecule has 1 heterocycles. The van der Waals surface area contributed by atoms with E-state index in [0.29, 0.717) is 0 Å². The number of amides is 1. The van der Waals surface area contributed by atoms with Crippen molar-refractivity contribution in [1.29, 1.82) is 0 Å². The maximum atomic E-state index is 11.0. The largest absolute Gasteiger partial charge is 0.464 e. The lowest BCUT2D eigenvalue weighted by molar-refractivity contribution is -0.389. The lowest BCUT2D eigenvalue weighted by Crippen LogP contribution is -2.19. The van der Waals surface area contributed by atoms with Crippen molar-refractivity contribution in [2.75, 3.05) is 6.61 Å². The minimum absolute atomic E-state index is 0.0247. The second-order valence-corrected chi connectivity index (χ2v) is 3.08. The van der Waals surface area contributed by atoms with Crippen LogP contribution < -0.4 is 5.73 Å². The van der Waals surface area contributed by atoms with Crippen molar-refractivity contribution in [2.24, 2.45) is 5.73 Å². The molecule has 0 unspecified atom stereocenters. The Balaban J connectivity index is 2.85. The summed E-state index contributed by atoms with van der Waals surface area (Å²) in [5.41, 5.74) is 5.01. The van der Waals surface area contributed by atoms with Crippen LogP contribution >= 0.6 is 0 Å². The SMILES string of the molecule is CC(=O)OCCn1cc([N+](=O)[O-])nc1C(N)=O. The van der Waals surface area contributed by atoms with Crippen molar-refractivity contribution in [3.05, 3.63) is 22.1 Å². The van der Waals surface area contributed by atoms with Gasteiger partial charge in [-0.05, 0) is 9.91 Å². The molecule has 9 nitrogen and oxygen atoms in total. The van der Waals surface area contributed by atoms with Gasteiger partial charge in [0.15, 0.2) is 0 Å². The number of primary amides is 1. The Morgan fingerprint density at radius 1 is 1.65 bits per heavy atom. The normalized spacial score (nSPS) is 9.94. The summed E-state index contributed by atoms with van der Waals surface area (Å²) in [6.45, 7) is 1.27. The fraction of sp³-hybridized carbons (Fsp3) is 0.375. The van der Waals surface area contributed by atoms with E-state index >= 15 is 0 Å². The summed E-state index contributed by atoms with van der Waals surface area (Å²) in [6.07, 6.45) is 1.06. The Kier molecular flexibility index (Phi) is 3.75. The predicted octanol–water partition coefficient (Wildman–Crippen LogP) is -0.547. The molecule has 0 aromatic carbocycles. The summed E-state index contributed by atoms with van der Waals surface area (Å²) in [5, 5.41) is 10.5. The zero-order valence-corrected chi connectivity index (χ0v) is 8.95. The van der Waals surface area contributed by atoms with E-state index in [-0.39, 0.29) is 19.0 Å². The van der Waals surface area contributed by atoms with Crippen molar-refractivity contribution in [3.63, 3.8) is 0 Å². The number of aromatic nitrogens is 2. The van der Waals surface area contributed by atoms with E-state index in [0.717, 1.165) is 6.20 Å². The third kappa shape index (κ3) is 3.26. The van der Waals surface area contributed by atoms with Crippen LogP contribution in [0.2, 0.25) is 0 Å². The maximum Gasteiger partial charge on any atom is 0.382 e. The fourth-order valence-corrected chi connectivity index (χ4v) is 1.14. The highest BCUT2D eigenvalue weighted by atomic mass is 16.6. The van der Waals surface area contributed by atoms with Crippen LogP contribution in [0.3, 0.4) is 0 Å². The lowest BCUT2D eigenvalue weighted by Gasteiger charge is -2.02. The molecule has 1 aromatic rings. The highest BCUT2D eigenvalue weighted by Crippen LogP contribution is 2.10. The number of hydrogen-bond donors (Lipinski definition) is 1. The van der Waals surface area contributed by atoms with Crippen LogP contribution in [0, 0.1) is 10.1 Å². The number of imidazole rings is 1. The predicted molar refractivity (Wildman–Crippen MR) is 54.0 cm³/mol.